The number of halogens is 1. The third-order valence-corrected chi connectivity index (χ3v) is 4.49. The number of hydrogen-bond acceptors (Lipinski definition) is 2. The van der Waals surface area contributed by atoms with Gasteiger partial charge in [-0.1, -0.05) is 34.9 Å². The fraction of sp³-hybridized carbons (Fsp3) is 0.421. The number of phenols is 1. The number of rotatable bonds is 6. The summed E-state index contributed by atoms with van der Waals surface area (Å²) in [6.45, 7) is 9.90. The second kappa shape index (κ2) is 8.19. The summed E-state index contributed by atoms with van der Waals surface area (Å²) in [6.07, 6.45) is 7.58. The van der Waals surface area contributed by atoms with Crippen molar-refractivity contribution < 1.29 is 9.90 Å². The first-order valence-corrected chi connectivity index (χ1v) is 7.92. The van der Waals surface area contributed by atoms with Gasteiger partial charge in [-0.3, -0.25) is 4.79 Å². The van der Waals surface area contributed by atoms with Crippen molar-refractivity contribution in [2.75, 3.05) is 0 Å². The lowest BCUT2D eigenvalue weighted by Gasteiger charge is -2.14. The van der Waals surface area contributed by atoms with Gasteiger partial charge in [0.25, 0.3) is 0 Å². The van der Waals surface area contributed by atoms with E-state index in [1.165, 1.54) is 11.1 Å². The molecule has 0 saturated heterocycles. The maximum Gasteiger partial charge on any atom is 0.154 e. The number of benzene rings is 1. The Morgan fingerprint density at radius 1 is 1.14 bits per heavy atom. The molecule has 1 aromatic rings. The summed E-state index contributed by atoms with van der Waals surface area (Å²) < 4.78 is 0. The molecule has 2 nitrogen and oxygen atoms in total. The van der Waals surface area contributed by atoms with Crippen molar-refractivity contribution in [3.8, 4) is 5.75 Å². The van der Waals surface area contributed by atoms with Gasteiger partial charge in [-0.2, -0.15) is 0 Å². The quantitative estimate of drug-likeness (QED) is 0.538. The molecule has 120 valence electrons. The molecule has 0 spiro atoms. The maximum absolute atomic E-state index is 11.2. The van der Waals surface area contributed by atoms with Crippen LogP contribution < -0.4 is 0 Å². The summed E-state index contributed by atoms with van der Waals surface area (Å²) >= 11 is 6.27. The van der Waals surface area contributed by atoms with Crippen LogP contribution in [0.15, 0.2) is 23.3 Å². The monoisotopic (exact) mass is 320 g/mol. The summed E-state index contributed by atoms with van der Waals surface area (Å²) in [5, 5.41) is 10.9. The third-order valence-electron chi connectivity index (χ3n) is 3.92. The number of allylic oxidation sites excluding steroid dienone is 4. The molecule has 0 fully saturated rings. The number of carbonyl (C=O) groups excluding carboxylic acids is 1. The van der Waals surface area contributed by atoms with E-state index in [9.17, 15) is 9.90 Å². The highest BCUT2D eigenvalue weighted by molar-refractivity contribution is 6.32. The molecule has 0 bridgehead atoms. The molecule has 0 aliphatic carbocycles. The topological polar surface area (TPSA) is 37.3 Å². The first-order chi connectivity index (χ1) is 10.3. The van der Waals surface area contributed by atoms with Crippen molar-refractivity contribution in [3.05, 3.63) is 50.6 Å². The molecule has 3 heteroatoms. The van der Waals surface area contributed by atoms with Gasteiger partial charge >= 0.3 is 0 Å². The van der Waals surface area contributed by atoms with Crippen molar-refractivity contribution in [1.82, 2.24) is 0 Å². The minimum absolute atomic E-state index is 0.0581. The average molecular weight is 321 g/mol. The SMILES string of the molecule is CC(C)=CCC/C(C)=C/Cc1c(C)c(Cl)c(C)c(C=O)c1O. The predicted octanol–water partition coefficient (Wildman–Crippen LogP) is 5.71. The van der Waals surface area contributed by atoms with Crippen molar-refractivity contribution in [3.63, 3.8) is 0 Å². The first-order valence-electron chi connectivity index (χ1n) is 7.54. The van der Waals surface area contributed by atoms with E-state index >= 15 is 0 Å². The lowest BCUT2D eigenvalue weighted by atomic mass is 9.95. The molecule has 0 atom stereocenters. The highest BCUT2D eigenvalue weighted by Crippen LogP contribution is 2.35. The van der Waals surface area contributed by atoms with E-state index in [4.69, 9.17) is 11.6 Å². The molecule has 22 heavy (non-hydrogen) atoms. The van der Waals surface area contributed by atoms with Gasteiger partial charge in [0.15, 0.2) is 6.29 Å². The second-order valence-corrected chi connectivity index (χ2v) is 6.38. The summed E-state index contributed by atoms with van der Waals surface area (Å²) in [6, 6.07) is 0. The summed E-state index contributed by atoms with van der Waals surface area (Å²) in [7, 11) is 0. The zero-order valence-electron chi connectivity index (χ0n) is 14.1. The Balaban J connectivity index is 3.01. The van der Waals surface area contributed by atoms with Crippen molar-refractivity contribution in [1.29, 1.82) is 0 Å². The zero-order valence-corrected chi connectivity index (χ0v) is 14.8. The number of aldehydes is 1. The molecular formula is C19H25ClO2. The third kappa shape index (κ3) is 4.48. The summed E-state index contributed by atoms with van der Waals surface area (Å²) in [4.78, 5) is 11.2. The van der Waals surface area contributed by atoms with Gasteiger partial charge in [0, 0.05) is 10.6 Å². The highest BCUT2D eigenvalue weighted by Gasteiger charge is 2.17. The van der Waals surface area contributed by atoms with E-state index in [0.29, 0.717) is 28.9 Å². The summed E-state index contributed by atoms with van der Waals surface area (Å²) in [5.41, 5.74) is 5.10. The van der Waals surface area contributed by atoms with Crippen LogP contribution in [0, 0.1) is 13.8 Å². The molecule has 1 aromatic carbocycles. The fourth-order valence-corrected chi connectivity index (χ4v) is 2.63. The van der Waals surface area contributed by atoms with Crippen LogP contribution in [-0.4, -0.2) is 11.4 Å². The van der Waals surface area contributed by atoms with Crippen LogP contribution in [0.5, 0.6) is 5.75 Å². The highest BCUT2D eigenvalue weighted by atomic mass is 35.5. The van der Waals surface area contributed by atoms with Crippen LogP contribution >= 0.6 is 11.6 Å². The second-order valence-electron chi connectivity index (χ2n) is 6.00. The van der Waals surface area contributed by atoms with Crippen LogP contribution in [0.1, 0.15) is 60.7 Å². The Hall–Kier alpha value is -1.54. The Labute approximate surface area is 138 Å². The molecule has 0 heterocycles. The first kappa shape index (κ1) is 18.5. The molecule has 0 amide bonds. The maximum atomic E-state index is 11.2. The molecule has 0 aliphatic heterocycles. The molecule has 1 rings (SSSR count). The largest absolute Gasteiger partial charge is 0.507 e. The predicted molar refractivity (Wildman–Crippen MR) is 94.1 cm³/mol. The Morgan fingerprint density at radius 2 is 1.77 bits per heavy atom. The molecule has 0 saturated carbocycles. The van der Waals surface area contributed by atoms with E-state index in [1.54, 1.807) is 6.92 Å². The molecule has 1 N–H and O–H groups in total. The molecule has 0 radical (unpaired) electrons. The van der Waals surface area contributed by atoms with Gasteiger partial charge in [0.05, 0.1) is 5.56 Å². The average Bonchev–Trinajstić information content (AvgIpc) is 2.45. The van der Waals surface area contributed by atoms with Crippen LogP contribution in [0.25, 0.3) is 0 Å². The van der Waals surface area contributed by atoms with Crippen LogP contribution in [0.4, 0.5) is 0 Å². The minimum Gasteiger partial charge on any atom is -0.507 e. The van der Waals surface area contributed by atoms with Gasteiger partial charge in [-0.15, -0.1) is 0 Å². The Morgan fingerprint density at radius 3 is 2.32 bits per heavy atom. The van der Waals surface area contributed by atoms with Gasteiger partial charge in [-0.05, 0) is 65.0 Å². The Kier molecular flexibility index (Phi) is 6.89. The number of aromatic hydroxyl groups is 1. The van der Waals surface area contributed by atoms with Crippen LogP contribution in [-0.2, 0) is 6.42 Å². The van der Waals surface area contributed by atoms with E-state index in [1.807, 2.05) is 6.92 Å². The lowest BCUT2D eigenvalue weighted by Crippen LogP contribution is -1.99. The number of carbonyl (C=O) groups is 1. The smallest absolute Gasteiger partial charge is 0.154 e. The van der Waals surface area contributed by atoms with Crippen molar-refractivity contribution >= 4 is 17.9 Å². The zero-order chi connectivity index (χ0) is 16.9. The molecular weight excluding hydrogens is 296 g/mol. The fourth-order valence-electron chi connectivity index (χ4n) is 2.41. The van der Waals surface area contributed by atoms with Gasteiger partial charge in [0.2, 0.25) is 0 Å². The van der Waals surface area contributed by atoms with Gasteiger partial charge in [-0.25, -0.2) is 0 Å². The lowest BCUT2D eigenvalue weighted by molar-refractivity contribution is 0.112. The molecule has 0 unspecified atom stereocenters. The molecule has 0 aromatic heterocycles. The molecule has 0 aliphatic rings. The van der Waals surface area contributed by atoms with Gasteiger partial charge < -0.3 is 5.11 Å². The van der Waals surface area contributed by atoms with E-state index < -0.39 is 0 Å². The Bertz CT molecular complexity index is 621. The van der Waals surface area contributed by atoms with Gasteiger partial charge in [0.1, 0.15) is 5.75 Å². The van der Waals surface area contributed by atoms with Crippen molar-refractivity contribution in [2.24, 2.45) is 0 Å². The normalized spacial score (nSPS) is 11.5. The standard InChI is InChI=1S/C19H25ClO2/c1-12(2)7-6-8-13(3)9-10-16-14(4)18(20)15(5)17(11-21)19(16)22/h7,9,11,22H,6,8,10H2,1-5H3/b13-9+. The van der Waals surface area contributed by atoms with Crippen molar-refractivity contribution in [2.45, 2.75) is 53.9 Å². The number of hydrogen-bond donors (Lipinski definition) is 1. The van der Waals surface area contributed by atoms with Crippen LogP contribution in [0.2, 0.25) is 5.02 Å². The number of phenolic OH excluding ortho intramolecular Hbond substituents is 1. The summed E-state index contributed by atoms with van der Waals surface area (Å²) in [5.74, 6) is 0.0581. The van der Waals surface area contributed by atoms with Crippen LogP contribution in [0.3, 0.4) is 0 Å². The minimum atomic E-state index is 0.0581. The van der Waals surface area contributed by atoms with E-state index in [0.717, 1.165) is 24.0 Å². The van der Waals surface area contributed by atoms with E-state index in [-0.39, 0.29) is 5.75 Å². The van der Waals surface area contributed by atoms with E-state index in [2.05, 4.69) is 32.9 Å².